The van der Waals surface area contributed by atoms with Gasteiger partial charge < -0.3 is 16.4 Å². The number of rotatable bonds is 5. The number of halogens is 1. The van der Waals surface area contributed by atoms with Crippen LogP contribution in [0.4, 0.5) is 11.4 Å². The van der Waals surface area contributed by atoms with Gasteiger partial charge in [0.2, 0.25) is 5.91 Å². The summed E-state index contributed by atoms with van der Waals surface area (Å²) in [7, 11) is 0. The molecular weight excluding hydrogens is 329 g/mol. The Kier molecular flexibility index (Phi) is 4.09. The van der Waals surface area contributed by atoms with Crippen molar-refractivity contribution in [3.8, 4) is 0 Å². The highest BCUT2D eigenvalue weighted by Gasteiger charge is 2.22. The lowest BCUT2D eigenvalue weighted by Crippen LogP contribution is -2.27. The van der Waals surface area contributed by atoms with E-state index in [-0.39, 0.29) is 5.91 Å². The third-order valence-corrected chi connectivity index (χ3v) is 3.29. The summed E-state index contributed by atoms with van der Waals surface area (Å²) in [5.41, 5.74) is 7.48. The summed E-state index contributed by atoms with van der Waals surface area (Å²) in [4.78, 5) is 11.4. The van der Waals surface area contributed by atoms with E-state index in [0.717, 1.165) is 27.8 Å². The summed E-state index contributed by atoms with van der Waals surface area (Å²) in [5.74, 6) is 0.115. The van der Waals surface area contributed by atoms with E-state index in [4.69, 9.17) is 5.73 Å². The summed E-state index contributed by atoms with van der Waals surface area (Å²) >= 11 is 2.22. The van der Waals surface area contributed by atoms with Gasteiger partial charge in [0.25, 0.3) is 0 Å². The predicted octanol–water partition coefficient (Wildman–Crippen LogP) is 1.95. The molecule has 1 fully saturated rings. The molecule has 0 heterocycles. The first-order valence-electron chi connectivity index (χ1n) is 5.73. The van der Waals surface area contributed by atoms with Gasteiger partial charge in [-0.1, -0.05) is 0 Å². The Labute approximate surface area is 114 Å². The van der Waals surface area contributed by atoms with Crippen LogP contribution in [0.2, 0.25) is 0 Å². The van der Waals surface area contributed by atoms with Gasteiger partial charge in [-0.05, 0) is 53.6 Å². The molecule has 0 unspecified atom stereocenters. The third-order valence-electron chi connectivity index (χ3n) is 2.62. The zero-order chi connectivity index (χ0) is 12.3. The van der Waals surface area contributed by atoms with Crippen molar-refractivity contribution in [3.05, 3.63) is 21.8 Å². The van der Waals surface area contributed by atoms with Crippen LogP contribution in [0.5, 0.6) is 0 Å². The number of hydrogen-bond donors (Lipinski definition) is 3. The fourth-order valence-electron chi connectivity index (χ4n) is 1.53. The van der Waals surface area contributed by atoms with E-state index < -0.39 is 0 Å². The lowest BCUT2D eigenvalue weighted by atomic mass is 10.2. The minimum atomic E-state index is 0.115. The quantitative estimate of drug-likeness (QED) is 0.565. The van der Waals surface area contributed by atoms with Gasteiger partial charge in [0, 0.05) is 22.6 Å². The van der Waals surface area contributed by atoms with E-state index in [9.17, 15) is 4.79 Å². The smallest absolute Gasteiger partial charge is 0.221 e. The number of benzene rings is 1. The largest absolute Gasteiger partial charge is 0.397 e. The van der Waals surface area contributed by atoms with Crippen LogP contribution >= 0.6 is 22.6 Å². The van der Waals surface area contributed by atoms with Crippen LogP contribution in [0.25, 0.3) is 0 Å². The second kappa shape index (κ2) is 5.57. The summed E-state index contributed by atoms with van der Waals surface area (Å²) < 4.78 is 1.11. The first kappa shape index (κ1) is 12.5. The fourth-order valence-corrected chi connectivity index (χ4v) is 2.05. The third kappa shape index (κ3) is 4.07. The molecule has 1 saturated carbocycles. The molecule has 0 aromatic heterocycles. The molecule has 1 aromatic carbocycles. The van der Waals surface area contributed by atoms with Crippen molar-refractivity contribution in [2.24, 2.45) is 0 Å². The normalized spacial score (nSPS) is 14.4. The molecule has 0 aliphatic heterocycles. The Morgan fingerprint density at radius 3 is 2.88 bits per heavy atom. The number of carbonyl (C=O) groups excluding carboxylic acids is 1. The van der Waals surface area contributed by atoms with Crippen molar-refractivity contribution in [1.29, 1.82) is 0 Å². The molecular formula is C12H16IN3O. The van der Waals surface area contributed by atoms with E-state index in [1.54, 1.807) is 0 Å². The van der Waals surface area contributed by atoms with E-state index >= 15 is 0 Å². The van der Waals surface area contributed by atoms with Crippen LogP contribution in [-0.2, 0) is 4.79 Å². The zero-order valence-corrected chi connectivity index (χ0v) is 11.7. The molecule has 0 saturated heterocycles. The van der Waals surface area contributed by atoms with Crippen molar-refractivity contribution in [3.63, 3.8) is 0 Å². The number of nitrogens with two attached hydrogens (primary N) is 1. The molecule has 92 valence electrons. The summed E-state index contributed by atoms with van der Waals surface area (Å²) in [6.07, 6.45) is 2.74. The van der Waals surface area contributed by atoms with E-state index in [0.29, 0.717) is 19.0 Å². The van der Waals surface area contributed by atoms with Gasteiger partial charge in [0.15, 0.2) is 0 Å². The van der Waals surface area contributed by atoms with Crippen molar-refractivity contribution in [2.45, 2.75) is 25.3 Å². The Hall–Kier alpha value is -0.980. The van der Waals surface area contributed by atoms with Crippen LogP contribution < -0.4 is 16.4 Å². The molecule has 1 aromatic rings. The van der Waals surface area contributed by atoms with E-state index in [1.165, 1.54) is 0 Å². The second-order valence-corrected chi connectivity index (χ2v) is 5.50. The number of carbonyl (C=O) groups is 1. The monoisotopic (exact) mass is 345 g/mol. The molecule has 0 radical (unpaired) electrons. The highest BCUT2D eigenvalue weighted by Crippen LogP contribution is 2.21. The highest BCUT2D eigenvalue weighted by molar-refractivity contribution is 14.1. The molecule has 2 rings (SSSR count). The molecule has 0 bridgehead atoms. The van der Waals surface area contributed by atoms with Crippen LogP contribution in [0.3, 0.4) is 0 Å². The molecule has 1 aliphatic rings. The molecule has 5 heteroatoms. The summed E-state index contributed by atoms with van der Waals surface area (Å²) in [5, 5.41) is 6.13. The van der Waals surface area contributed by atoms with Crippen molar-refractivity contribution in [1.82, 2.24) is 5.32 Å². The van der Waals surface area contributed by atoms with Crippen LogP contribution in [0.15, 0.2) is 18.2 Å². The maximum atomic E-state index is 11.4. The average Bonchev–Trinajstić information content (AvgIpc) is 3.05. The number of hydrogen-bond acceptors (Lipinski definition) is 3. The number of nitrogen functional groups attached to an aromatic ring is 1. The Morgan fingerprint density at radius 1 is 1.47 bits per heavy atom. The van der Waals surface area contributed by atoms with Crippen molar-refractivity contribution < 1.29 is 4.79 Å². The van der Waals surface area contributed by atoms with E-state index in [1.807, 2.05) is 18.2 Å². The molecule has 4 nitrogen and oxygen atoms in total. The first-order valence-corrected chi connectivity index (χ1v) is 6.81. The van der Waals surface area contributed by atoms with Gasteiger partial charge in [0.05, 0.1) is 11.4 Å². The maximum Gasteiger partial charge on any atom is 0.221 e. The van der Waals surface area contributed by atoms with E-state index in [2.05, 4.69) is 33.2 Å². The van der Waals surface area contributed by atoms with Crippen LogP contribution in [0, 0.1) is 3.57 Å². The topological polar surface area (TPSA) is 67.1 Å². The van der Waals surface area contributed by atoms with Crippen LogP contribution in [0.1, 0.15) is 19.3 Å². The average molecular weight is 345 g/mol. The first-order chi connectivity index (χ1) is 8.15. The van der Waals surface area contributed by atoms with Gasteiger partial charge >= 0.3 is 0 Å². The number of amides is 1. The zero-order valence-electron chi connectivity index (χ0n) is 9.50. The van der Waals surface area contributed by atoms with Gasteiger partial charge in [-0.3, -0.25) is 4.79 Å². The summed E-state index contributed by atoms with van der Waals surface area (Å²) in [6.45, 7) is 0.614. The Bertz CT molecular complexity index is 418. The van der Waals surface area contributed by atoms with Crippen molar-refractivity contribution >= 4 is 39.9 Å². The molecule has 1 amide bonds. The van der Waals surface area contributed by atoms with Crippen LogP contribution in [-0.4, -0.2) is 18.5 Å². The standard InChI is InChI=1S/C12H16IN3O/c13-8-1-4-11(10(14)7-8)15-6-5-12(17)16-9-2-3-9/h1,4,7,9,15H,2-3,5-6,14H2,(H,16,17). The molecule has 17 heavy (non-hydrogen) atoms. The molecule has 1 aliphatic carbocycles. The maximum absolute atomic E-state index is 11.4. The fraction of sp³-hybridized carbons (Fsp3) is 0.417. The number of nitrogens with one attached hydrogen (secondary N) is 2. The molecule has 0 spiro atoms. The molecule has 0 atom stereocenters. The van der Waals surface area contributed by atoms with Gasteiger partial charge in [-0.2, -0.15) is 0 Å². The van der Waals surface area contributed by atoms with Crippen molar-refractivity contribution in [2.75, 3.05) is 17.6 Å². The number of anilines is 2. The Morgan fingerprint density at radius 2 is 2.24 bits per heavy atom. The SMILES string of the molecule is Nc1cc(I)ccc1NCCC(=O)NC1CC1. The van der Waals surface area contributed by atoms with Gasteiger partial charge in [-0.15, -0.1) is 0 Å². The lowest BCUT2D eigenvalue weighted by Gasteiger charge is -2.09. The van der Waals surface area contributed by atoms with Gasteiger partial charge in [0.1, 0.15) is 0 Å². The summed E-state index contributed by atoms with van der Waals surface area (Å²) in [6, 6.07) is 6.28. The Balaban J connectivity index is 1.75. The second-order valence-electron chi connectivity index (χ2n) is 4.25. The highest BCUT2D eigenvalue weighted by atomic mass is 127. The molecule has 4 N–H and O–H groups in total. The minimum Gasteiger partial charge on any atom is -0.397 e. The predicted molar refractivity (Wildman–Crippen MR) is 77.8 cm³/mol. The minimum absolute atomic E-state index is 0.115. The lowest BCUT2D eigenvalue weighted by molar-refractivity contribution is -0.120. The van der Waals surface area contributed by atoms with Gasteiger partial charge in [-0.25, -0.2) is 0 Å².